The molecule has 2 amide bonds. The van der Waals surface area contributed by atoms with Gasteiger partial charge in [0.15, 0.2) is 0 Å². The number of carbonyl (C=O) groups excluding carboxylic acids is 1. The van der Waals surface area contributed by atoms with Crippen molar-refractivity contribution in [2.24, 2.45) is 11.8 Å². The molecule has 1 aliphatic heterocycles. The summed E-state index contributed by atoms with van der Waals surface area (Å²) in [6, 6.07) is 10.0. The molecule has 2 aliphatic rings. The van der Waals surface area contributed by atoms with E-state index >= 15 is 0 Å². The molecule has 2 atom stereocenters. The predicted octanol–water partition coefficient (Wildman–Crippen LogP) is 2.98. The van der Waals surface area contributed by atoms with Crippen LogP contribution in [0.15, 0.2) is 54.9 Å². The first-order chi connectivity index (χ1) is 11.8. The number of hydrogen-bond acceptors (Lipinski definition) is 2. The first-order valence-corrected chi connectivity index (χ1v) is 8.56. The minimum absolute atomic E-state index is 0.0388. The second-order valence-corrected chi connectivity index (χ2v) is 6.66. The van der Waals surface area contributed by atoms with Gasteiger partial charge < -0.3 is 10.2 Å². The van der Waals surface area contributed by atoms with Crippen LogP contribution in [0.3, 0.4) is 0 Å². The third-order valence-electron chi connectivity index (χ3n) is 5.01. The average molecular weight is 322 g/mol. The first-order valence-electron chi connectivity index (χ1n) is 8.56. The van der Waals surface area contributed by atoms with Gasteiger partial charge in [-0.3, -0.25) is 0 Å². The molecule has 5 nitrogen and oxygen atoms in total. The fourth-order valence-corrected chi connectivity index (χ4v) is 3.64. The molecule has 1 aliphatic carbocycles. The number of amides is 2. The van der Waals surface area contributed by atoms with E-state index in [0.717, 1.165) is 37.2 Å². The van der Waals surface area contributed by atoms with Gasteiger partial charge in [-0.25, -0.2) is 9.48 Å². The molecule has 0 bridgehead atoms. The molecule has 1 aromatic carbocycles. The molecule has 4 rings (SSSR count). The Hall–Kier alpha value is -2.56. The third-order valence-corrected chi connectivity index (χ3v) is 5.01. The van der Waals surface area contributed by atoms with Crippen molar-refractivity contribution >= 4 is 6.03 Å². The number of urea groups is 1. The molecule has 1 saturated heterocycles. The van der Waals surface area contributed by atoms with Crippen molar-refractivity contribution < 1.29 is 4.79 Å². The Morgan fingerprint density at radius 3 is 2.54 bits per heavy atom. The number of hydrogen-bond donors (Lipinski definition) is 1. The number of benzene rings is 1. The molecule has 1 aromatic heterocycles. The maximum Gasteiger partial charge on any atom is 0.317 e. The first kappa shape index (κ1) is 15.0. The quantitative estimate of drug-likeness (QED) is 0.883. The van der Waals surface area contributed by atoms with Crippen LogP contribution in [0.1, 0.15) is 18.4 Å². The molecule has 0 unspecified atom stereocenters. The van der Waals surface area contributed by atoms with Crippen molar-refractivity contribution in [2.75, 3.05) is 13.1 Å². The number of para-hydroxylation sites is 1. The fourth-order valence-electron chi connectivity index (χ4n) is 3.64. The van der Waals surface area contributed by atoms with Crippen LogP contribution in [-0.2, 0) is 6.54 Å². The van der Waals surface area contributed by atoms with Gasteiger partial charge in [0.05, 0.1) is 11.9 Å². The molecule has 124 valence electrons. The summed E-state index contributed by atoms with van der Waals surface area (Å²) in [5, 5.41) is 7.39. The molecular formula is C19H22N4O. The van der Waals surface area contributed by atoms with Crippen molar-refractivity contribution in [3.63, 3.8) is 0 Å². The molecule has 2 heterocycles. The summed E-state index contributed by atoms with van der Waals surface area (Å²) in [5.74, 6) is 1.28. The molecule has 1 fully saturated rings. The lowest BCUT2D eigenvalue weighted by Gasteiger charge is -2.17. The molecule has 24 heavy (non-hydrogen) atoms. The van der Waals surface area contributed by atoms with Crippen LogP contribution in [0.4, 0.5) is 4.79 Å². The average Bonchev–Trinajstić information content (AvgIpc) is 3.27. The SMILES string of the molecule is O=C(NCc1cnn(-c2ccccc2)c1)N1C[C@@H]2CC=CC[C@H]2C1. The second-order valence-electron chi connectivity index (χ2n) is 6.66. The highest BCUT2D eigenvalue weighted by molar-refractivity contribution is 5.74. The van der Waals surface area contributed by atoms with Gasteiger partial charge in [0.1, 0.15) is 0 Å². The molecule has 5 heteroatoms. The number of rotatable bonds is 3. The van der Waals surface area contributed by atoms with E-state index in [1.165, 1.54) is 0 Å². The zero-order chi connectivity index (χ0) is 16.4. The topological polar surface area (TPSA) is 50.2 Å². The summed E-state index contributed by atoms with van der Waals surface area (Å²) in [5.41, 5.74) is 2.02. The second kappa shape index (κ2) is 6.51. The van der Waals surface area contributed by atoms with Crippen LogP contribution >= 0.6 is 0 Å². The van der Waals surface area contributed by atoms with Gasteiger partial charge in [0.2, 0.25) is 0 Å². The van der Waals surface area contributed by atoms with E-state index in [-0.39, 0.29) is 6.03 Å². The summed E-state index contributed by atoms with van der Waals surface area (Å²) < 4.78 is 1.83. The Bertz CT molecular complexity index is 721. The number of nitrogens with one attached hydrogen (secondary N) is 1. The predicted molar refractivity (Wildman–Crippen MR) is 92.7 cm³/mol. The van der Waals surface area contributed by atoms with Gasteiger partial charge in [-0.05, 0) is 36.8 Å². The number of carbonyl (C=O) groups is 1. The summed E-state index contributed by atoms with van der Waals surface area (Å²) >= 11 is 0. The Morgan fingerprint density at radius 2 is 1.83 bits per heavy atom. The molecule has 0 saturated carbocycles. The molecule has 0 radical (unpaired) electrons. The van der Waals surface area contributed by atoms with Crippen molar-refractivity contribution in [3.05, 3.63) is 60.4 Å². The number of allylic oxidation sites excluding steroid dienone is 2. The molecule has 1 N–H and O–H groups in total. The Labute approximate surface area is 142 Å². The Kier molecular flexibility index (Phi) is 4.07. The van der Waals surface area contributed by atoms with Crippen LogP contribution in [0.25, 0.3) is 5.69 Å². The maximum absolute atomic E-state index is 12.4. The van der Waals surface area contributed by atoms with Crippen LogP contribution in [0, 0.1) is 11.8 Å². The largest absolute Gasteiger partial charge is 0.334 e. The van der Waals surface area contributed by atoms with Gasteiger partial charge in [-0.1, -0.05) is 30.4 Å². The standard InChI is InChI=1S/C19H22N4O/c24-19(22-13-16-6-4-5-7-17(16)14-22)20-10-15-11-21-23(12-15)18-8-2-1-3-9-18/h1-5,8-9,11-12,16-17H,6-7,10,13-14H2,(H,20,24)/t16-,17-/m0/s1. The maximum atomic E-state index is 12.4. The van der Waals surface area contributed by atoms with E-state index < -0.39 is 0 Å². The fraction of sp³-hybridized carbons (Fsp3) is 0.368. The van der Waals surface area contributed by atoms with Gasteiger partial charge in [-0.2, -0.15) is 5.10 Å². The number of likely N-dealkylation sites (tertiary alicyclic amines) is 1. The van der Waals surface area contributed by atoms with Gasteiger partial charge in [0, 0.05) is 31.4 Å². The van der Waals surface area contributed by atoms with Crippen LogP contribution in [-0.4, -0.2) is 33.8 Å². The zero-order valence-corrected chi connectivity index (χ0v) is 13.6. The van der Waals surface area contributed by atoms with Gasteiger partial charge in [0.25, 0.3) is 0 Å². The van der Waals surface area contributed by atoms with E-state index in [4.69, 9.17) is 0 Å². The summed E-state index contributed by atoms with van der Waals surface area (Å²) in [7, 11) is 0. The Morgan fingerprint density at radius 1 is 1.12 bits per heavy atom. The van der Waals surface area contributed by atoms with E-state index in [2.05, 4.69) is 22.6 Å². The normalized spacial score (nSPS) is 22.4. The third kappa shape index (κ3) is 3.07. The lowest BCUT2D eigenvalue weighted by atomic mass is 9.86. The summed E-state index contributed by atoms with van der Waals surface area (Å²) in [6.45, 7) is 2.27. The highest BCUT2D eigenvalue weighted by atomic mass is 16.2. The van der Waals surface area contributed by atoms with Crippen molar-refractivity contribution in [2.45, 2.75) is 19.4 Å². The van der Waals surface area contributed by atoms with Crippen molar-refractivity contribution in [1.29, 1.82) is 0 Å². The highest BCUT2D eigenvalue weighted by Gasteiger charge is 2.34. The minimum atomic E-state index is 0.0388. The number of fused-ring (bicyclic) bond motifs is 1. The van der Waals surface area contributed by atoms with Crippen molar-refractivity contribution in [1.82, 2.24) is 20.0 Å². The highest BCUT2D eigenvalue weighted by Crippen LogP contribution is 2.32. The summed E-state index contributed by atoms with van der Waals surface area (Å²) in [4.78, 5) is 14.4. The number of aromatic nitrogens is 2. The Balaban J connectivity index is 1.33. The minimum Gasteiger partial charge on any atom is -0.334 e. The van der Waals surface area contributed by atoms with Crippen molar-refractivity contribution in [3.8, 4) is 5.69 Å². The molecule has 0 spiro atoms. The molecule has 2 aromatic rings. The van der Waals surface area contributed by atoms with E-state index in [0.29, 0.717) is 18.4 Å². The van der Waals surface area contributed by atoms with Crippen LogP contribution < -0.4 is 5.32 Å². The molecular weight excluding hydrogens is 300 g/mol. The lowest BCUT2D eigenvalue weighted by Crippen LogP contribution is -2.38. The lowest BCUT2D eigenvalue weighted by molar-refractivity contribution is 0.206. The van der Waals surface area contributed by atoms with E-state index in [1.807, 2.05) is 46.1 Å². The van der Waals surface area contributed by atoms with E-state index in [1.54, 1.807) is 6.20 Å². The summed E-state index contributed by atoms with van der Waals surface area (Å²) in [6.07, 6.45) is 10.5. The zero-order valence-electron chi connectivity index (χ0n) is 13.6. The number of nitrogens with zero attached hydrogens (tertiary/aromatic N) is 3. The van der Waals surface area contributed by atoms with Crippen LogP contribution in [0.5, 0.6) is 0 Å². The van der Waals surface area contributed by atoms with E-state index in [9.17, 15) is 4.79 Å². The monoisotopic (exact) mass is 322 g/mol. The van der Waals surface area contributed by atoms with Crippen LogP contribution in [0.2, 0.25) is 0 Å². The van der Waals surface area contributed by atoms with Gasteiger partial charge >= 0.3 is 6.03 Å². The smallest absolute Gasteiger partial charge is 0.317 e. The van der Waals surface area contributed by atoms with Gasteiger partial charge in [-0.15, -0.1) is 0 Å².